The number of halogens is 2. The molecule has 0 saturated heterocycles. The maximum Gasteiger partial charge on any atom is 0.186 e. The summed E-state index contributed by atoms with van der Waals surface area (Å²) in [4.78, 5) is 1.90. The molecule has 3 nitrogen and oxygen atoms in total. The number of nitrogen functional groups attached to an aromatic ring is 1. The van der Waals surface area contributed by atoms with E-state index >= 15 is 0 Å². The molecule has 6 heteroatoms. The quantitative estimate of drug-likeness (QED) is 0.768. The summed E-state index contributed by atoms with van der Waals surface area (Å²) in [6.07, 6.45) is 0. The van der Waals surface area contributed by atoms with Crippen molar-refractivity contribution in [3.05, 3.63) is 46.8 Å². The molecule has 1 aromatic carbocycles. The number of aryl methyl sites for hydroxylation is 1. The van der Waals surface area contributed by atoms with Gasteiger partial charge in [0.25, 0.3) is 0 Å². The van der Waals surface area contributed by atoms with Gasteiger partial charge in [-0.25, -0.2) is 8.78 Å². The Hall–Kier alpha value is -2.21. The minimum absolute atomic E-state index is 0.107. The Balaban J connectivity index is 2.21. The van der Waals surface area contributed by atoms with Gasteiger partial charge in [0.15, 0.2) is 11.6 Å². The molecule has 0 aliphatic heterocycles. The fraction of sp³-hybridized carbons (Fsp3) is 0.0714. The maximum absolute atomic E-state index is 13.4. The predicted octanol–water partition coefficient (Wildman–Crippen LogP) is 4.24. The number of thiophene rings is 1. The second-order valence-electron chi connectivity index (χ2n) is 4.34. The first-order chi connectivity index (χ1) is 9.54. The second-order valence-corrected chi connectivity index (χ2v) is 5.63. The van der Waals surface area contributed by atoms with Crippen LogP contribution in [0.2, 0.25) is 0 Å². The van der Waals surface area contributed by atoms with Crippen molar-refractivity contribution in [3.63, 3.8) is 0 Å². The molecule has 102 valence electrons. The van der Waals surface area contributed by atoms with E-state index in [-0.39, 0.29) is 5.82 Å². The smallest absolute Gasteiger partial charge is 0.186 e. The molecule has 0 bridgehead atoms. The summed E-state index contributed by atoms with van der Waals surface area (Å²) in [5.41, 5.74) is 6.49. The lowest BCUT2D eigenvalue weighted by atomic mass is 10.0. The van der Waals surface area contributed by atoms with Crippen molar-refractivity contribution >= 4 is 17.2 Å². The van der Waals surface area contributed by atoms with Gasteiger partial charge in [-0.15, -0.1) is 11.3 Å². The number of hydrogen-bond acceptors (Lipinski definition) is 4. The van der Waals surface area contributed by atoms with Gasteiger partial charge in [-0.1, -0.05) is 5.16 Å². The van der Waals surface area contributed by atoms with Crippen LogP contribution in [0.15, 0.2) is 34.9 Å². The normalized spacial score (nSPS) is 10.9. The maximum atomic E-state index is 13.4. The van der Waals surface area contributed by atoms with Crippen LogP contribution in [0.5, 0.6) is 0 Å². The van der Waals surface area contributed by atoms with Crippen LogP contribution in [-0.2, 0) is 0 Å². The standard InChI is InChI=1S/C14H10F2N2OS/c1-7-2-3-11(20-7)13-12(14(17)18-19-13)8-4-9(15)6-10(16)5-8/h2-6H,1H3,(H2,17,18). The van der Waals surface area contributed by atoms with Gasteiger partial charge in [0.2, 0.25) is 0 Å². The number of rotatable bonds is 2. The third kappa shape index (κ3) is 2.18. The monoisotopic (exact) mass is 292 g/mol. The molecule has 0 unspecified atom stereocenters. The van der Waals surface area contributed by atoms with Crippen LogP contribution in [0, 0.1) is 18.6 Å². The second kappa shape index (κ2) is 4.72. The molecular weight excluding hydrogens is 282 g/mol. The van der Waals surface area contributed by atoms with Gasteiger partial charge >= 0.3 is 0 Å². The highest BCUT2D eigenvalue weighted by Crippen LogP contribution is 2.39. The highest BCUT2D eigenvalue weighted by Gasteiger charge is 2.20. The van der Waals surface area contributed by atoms with E-state index in [9.17, 15) is 8.78 Å². The molecular formula is C14H10F2N2OS. The number of nitrogens with two attached hydrogens (primary N) is 1. The Morgan fingerprint density at radius 3 is 2.45 bits per heavy atom. The van der Waals surface area contributed by atoms with Gasteiger partial charge in [0.05, 0.1) is 10.4 Å². The fourth-order valence-electron chi connectivity index (χ4n) is 2.00. The molecule has 20 heavy (non-hydrogen) atoms. The average molecular weight is 292 g/mol. The zero-order chi connectivity index (χ0) is 14.3. The molecule has 0 aliphatic rings. The van der Waals surface area contributed by atoms with E-state index < -0.39 is 11.6 Å². The zero-order valence-corrected chi connectivity index (χ0v) is 11.3. The van der Waals surface area contributed by atoms with Crippen molar-refractivity contribution in [1.29, 1.82) is 0 Å². The molecule has 3 aromatic rings. The molecule has 0 amide bonds. The first-order valence-corrected chi connectivity index (χ1v) is 6.64. The van der Waals surface area contributed by atoms with Gasteiger partial charge in [0, 0.05) is 10.9 Å². The van der Waals surface area contributed by atoms with Gasteiger partial charge in [-0.3, -0.25) is 0 Å². The van der Waals surface area contributed by atoms with Crippen LogP contribution in [-0.4, -0.2) is 5.16 Å². The number of hydrogen-bond donors (Lipinski definition) is 1. The molecule has 2 N–H and O–H groups in total. The van der Waals surface area contributed by atoms with Crippen molar-refractivity contribution in [1.82, 2.24) is 5.16 Å². The molecule has 2 aromatic heterocycles. The highest BCUT2D eigenvalue weighted by atomic mass is 32.1. The summed E-state index contributed by atoms with van der Waals surface area (Å²) >= 11 is 1.49. The van der Waals surface area contributed by atoms with Crippen molar-refractivity contribution < 1.29 is 13.3 Å². The third-order valence-electron chi connectivity index (χ3n) is 2.83. The van der Waals surface area contributed by atoms with Gasteiger partial charge in [0.1, 0.15) is 11.6 Å². The number of nitrogens with zero attached hydrogens (tertiary/aromatic N) is 1. The summed E-state index contributed by atoms with van der Waals surface area (Å²) in [7, 11) is 0. The molecule has 0 fully saturated rings. The number of aromatic nitrogens is 1. The van der Waals surface area contributed by atoms with E-state index in [2.05, 4.69) is 5.16 Å². The summed E-state index contributed by atoms with van der Waals surface area (Å²) < 4.78 is 31.9. The van der Waals surface area contributed by atoms with Crippen LogP contribution in [0.25, 0.3) is 21.8 Å². The molecule has 3 rings (SSSR count). The predicted molar refractivity (Wildman–Crippen MR) is 74.3 cm³/mol. The van der Waals surface area contributed by atoms with E-state index in [1.807, 2.05) is 19.1 Å². The molecule has 0 atom stereocenters. The fourth-order valence-corrected chi connectivity index (χ4v) is 2.86. The van der Waals surface area contributed by atoms with Crippen molar-refractivity contribution in [2.24, 2.45) is 0 Å². The zero-order valence-electron chi connectivity index (χ0n) is 10.5. The first kappa shape index (κ1) is 12.8. The lowest BCUT2D eigenvalue weighted by molar-refractivity contribution is 0.437. The van der Waals surface area contributed by atoms with E-state index in [0.717, 1.165) is 15.8 Å². The van der Waals surface area contributed by atoms with Gasteiger partial charge in [-0.2, -0.15) is 0 Å². The Morgan fingerprint density at radius 2 is 1.85 bits per heavy atom. The van der Waals surface area contributed by atoms with E-state index in [1.54, 1.807) is 0 Å². The van der Waals surface area contributed by atoms with Crippen molar-refractivity contribution in [2.75, 3.05) is 5.73 Å². The van der Waals surface area contributed by atoms with Gasteiger partial charge < -0.3 is 10.3 Å². The molecule has 0 spiro atoms. The van der Waals surface area contributed by atoms with Crippen LogP contribution in [0.3, 0.4) is 0 Å². The van der Waals surface area contributed by atoms with Crippen LogP contribution in [0.4, 0.5) is 14.6 Å². The van der Waals surface area contributed by atoms with Crippen molar-refractivity contribution in [2.45, 2.75) is 6.92 Å². The lowest BCUT2D eigenvalue weighted by Gasteiger charge is -2.02. The highest BCUT2D eigenvalue weighted by molar-refractivity contribution is 7.15. The number of benzene rings is 1. The van der Waals surface area contributed by atoms with Crippen LogP contribution in [0.1, 0.15) is 4.88 Å². The molecule has 0 aliphatic carbocycles. The summed E-state index contributed by atoms with van der Waals surface area (Å²) in [6, 6.07) is 7.00. The Labute approximate surface area is 117 Å². The molecule has 2 heterocycles. The summed E-state index contributed by atoms with van der Waals surface area (Å²) in [5.74, 6) is -0.815. The Kier molecular flexibility index (Phi) is 3.02. The van der Waals surface area contributed by atoms with E-state index in [1.165, 1.54) is 23.5 Å². The minimum atomic E-state index is -0.672. The average Bonchev–Trinajstić information content (AvgIpc) is 2.94. The summed E-state index contributed by atoms with van der Waals surface area (Å²) in [5, 5.41) is 3.70. The van der Waals surface area contributed by atoms with Crippen LogP contribution < -0.4 is 5.73 Å². The molecule has 0 radical (unpaired) electrons. The Bertz CT molecular complexity index is 759. The third-order valence-corrected chi connectivity index (χ3v) is 3.83. The topological polar surface area (TPSA) is 52.0 Å². The lowest BCUT2D eigenvalue weighted by Crippen LogP contribution is -1.90. The molecule has 0 saturated carbocycles. The van der Waals surface area contributed by atoms with E-state index in [4.69, 9.17) is 10.3 Å². The number of anilines is 1. The van der Waals surface area contributed by atoms with Gasteiger partial charge in [-0.05, 0) is 36.8 Å². The van der Waals surface area contributed by atoms with Crippen molar-refractivity contribution in [3.8, 4) is 21.8 Å². The van der Waals surface area contributed by atoms with Crippen LogP contribution >= 0.6 is 11.3 Å². The van der Waals surface area contributed by atoms with E-state index in [0.29, 0.717) is 16.9 Å². The first-order valence-electron chi connectivity index (χ1n) is 5.83. The SMILES string of the molecule is Cc1ccc(-c2onc(N)c2-c2cc(F)cc(F)c2)s1. The minimum Gasteiger partial charge on any atom is -0.380 e. The largest absolute Gasteiger partial charge is 0.380 e. The summed E-state index contributed by atoms with van der Waals surface area (Å²) in [6.45, 7) is 1.95. The Morgan fingerprint density at radius 1 is 1.15 bits per heavy atom.